The van der Waals surface area contributed by atoms with Gasteiger partial charge in [0.15, 0.2) is 5.76 Å². The normalized spacial score (nSPS) is 11.6. The fourth-order valence-electron chi connectivity index (χ4n) is 2.36. The van der Waals surface area contributed by atoms with E-state index >= 15 is 0 Å². The number of furan rings is 1. The van der Waals surface area contributed by atoms with Crippen molar-refractivity contribution in [1.82, 2.24) is 9.62 Å². The predicted octanol–water partition coefficient (Wildman–Crippen LogP) is 2.28. The van der Waals surface area contributed by atoms with Crippen LogP contribution in [0.4, 0.5) is 0 Å². The molecule has 0 aliphatic carbocycles. The average Bonchev–Trinajstić information content (AvgIpc) is 3.11. The van der Waals surface area contributed by atoms with E-state index in [2.05, 4.69) is 5.32 Å². The lowest BCUT2D eigenvalue weighted by molar-refractivity contribution is 0.0926. The van der Waals surface area contributed by atoms with E-state index in [4.69, 9.17) is 4.42 Å². The Balaban J connectivity index is 1.94. The highest BCUT2D eigenvalue weighted by Gasteiger charge is 2.21. The van der Waals surface area contributed by atoms with Gasteiger partial charge >= 0.3 is 0 Å². The fraction of sp³-hybridized carbons (Fsp3) is 0.353. The summed E-state index contributed by atoms with van der Waals surface area (Å²) in [5, 5.41) is 2.76. The summed E-state index contributed by atoms with van der Waals surface area (Å²) in [6, 6.07) is 10.0. The number of benzene rings is 1. The van der Waals surface area contributed by atoms with Crippen molar-refractivity contribution in [1.29, 1.82) is 0 Å². The standard InChI is InChI=1S/C17H22N2O4S/c1-3-19(4-2)24(21,22)15-9-7-14(8-10-15)11-12-18-17(20)16-6-5-13-23-16/h5-10,13H,3-4,11-12H2,1-2H3,(H,18,20). The van der Waals surface area contributed by atoms with Crippen LogP contribution in [0.5, 0.6) is 0 Å². The van der Waals surface area contributed by atoms with Crippen LogP contribution >= 0.6 is 0 Å². The molecule has 0 saturated carbocycles. The van der Waals surface area contributed by atoms with Gasteiger partial charge in [-0.1, -0.05) is 26.0 Å². The molecular weight excluding hydrogens is 328 g/mol. The molecule has 1 aromatic carbocycles. The first kappa shape index (κ1) is 18.2. The Morgan fingerprint density at radius 3 is 2.33 bits per heavy atom. The Labute approximate surface area is 142 Å². The monoisotopic (exact) mass is 350 g/mol. The van der Waals surface area contributed by atoms with E-state index in [0.717, 1.165) is 5.56 Å². The van der Waals surface area contributed by atoms with Gasteiger partial charge in [-0.05, 0) is 36.2 Å². The molecule has 0 unspecified atom stereocenters. The van der Waals surface area contributed by atoms with Crippen LogP contribution in [0.25, 0.3) is 0 Å². The molecule has 2 rings (SSSR count). The highest BCUT2D eigenvalue weighted by molar-refractivity contribution is 7.89. The minimum atomic E-state index is -3.43. The molecule has 1 heterocycles. The summed E-state index contributed by atoms with van der Waals surface area (Å²) in [6.45, 7) is 4.97. The van der Waals surface area contributed by atoms with Crippen LogP contribution in [0.2, 0.25) is 0 Å². The summed E-state index contributed by atoms with van der Waals surface area (Å²) in [5.41, 5.74) is 0.952. The second-order valence-electron chi connectivity index (χ2n) is 5.22. The predicted molar refractivity (Wildman–Crippen MR) is 91.3 cm³/mol. The van der Waals surface area contributed by atoms with Gasteiger partial charge in [0.25, 0.3) is 5.91 Å². The number of nitrogens with one attached hydrogen (secondary N) is 1. The van der Waals surface area contributed by atoms with Gasteiger partial charge in [-0.15, -0.1) is 0 Å². The summed E-state index contributed by atoms with van der Waals surface area (Å²) in [7, 11) is -3.43. The highest BCUT2D eigenvalue weighted by atomic mass is 32.2. The van der Waals surface area contributed by atoms with E-state index in [1.165, 1.54) is 10.6 Å². The third kappa shape index (κ3) is 4.24. The molecule has 1 amide bonds. The largest absolute Gasteiger partial charge is 0.459 e. The van der Waals surface area contributed by atoms with Crippen LogP contribution in [0.15, 0.2) is 52.0 Å². The Hall–Kier alpha value is -2.12. The molecule has 2 aromatic rings. The van der Waals surface area contributed by atoms with Crippen molar-refractivity contribution in [3.8, 4) is 0 Å². The number of carbonyl (C=O) groups is 1. The molecule has 6 nitrogen and oxygen atoms in total. The van der Waals surface area contributed by atoms with Gasteiger partial charge < -0.3 is 9.73 Å². The van der Waals surface area contributed by atoms with Crippen molar-refractivity contribution in [3.05, 3.63) is 54.0 Å². The van der Waals surface area contributed by atoms with Crippen molar-refractivity contribution in [3.63, 3.8) is 0 Å². The quantitative estimate of drug-likeness (QED) is 0.792. The van der Waals surface area contributed by atoms with Crippen LogP contribution in [0, 0.1) is 0 Å². The Morgan fingerprint density at radius 1 is 1.12 bits per heavy atom. The van der Waals surface area contributed by atoms with Gasteiger partial charge in [0.05, 0.1) is 11.2 Å². The van der Waals surface area contributed by atoms with Gasteiger partial charge in [0, 0.05) is 19.6 Å². The average molecular weight is 350 g/mol. The van der Waals surface area contributed by atoms with Gasteiger partial charge in [-0.25, -0.2) is 8.42 Å². The SMILES string of the molecule is CCN(CC)S(=O)(=O)c1ccc(CCNC(=O)c2ccco2)cc1. The number of amides is 1. The van der Waals surface area contributed by atoms with Gasteiger partial charge in [-0.3, -0.25) is 4.79 Å². The van der Waals surface area contributed by atoms with Crippen LogP contribution in [0.3, 0.4) is 0 Å². The Morgan fingerprint density at radius 2 is 1.79 bits per heavy atom. The first-order valence-electron chi connectivity index (χ1n) is 7.89. The van der Waals surface area contributed by atoms with Crippen molar-refractivity contribution < 1.29 is 17.6 Å². The van der Waals surface area contributed by atoms with Gasteiger partial charge in [-0.2, -0.15) is 4.31 Å². The van der Waals surface area contributed by atoms with Crippen LogP contribution < -0.4 is 5.32 Å². The first-order chi connectivity index (χ1) is 11.5. The van der Waals surface area contributed by atoms with E-state index in [1.807, 2.05) is 13.8 Å². The molecule has 1 aromatic heterocycles. The van der Waals surface area contributed by atoms with Crippen molar-refractivity contribution >= 4 is 15.9 Å². The molecule has 0 fully saturated rings. The van der Waals surface area contributed by atoms with Gasteiger partial charge in [0.2, 0.25) is 10.0 Å². The third-order valence-electron chi connectivity index (χ3n) is 3.71. The van der Waals surface area contributed by atoms with Crippen molar-refractivity contribution in [2.24, 2.45) is 0 Å². The number of sulfonamides is 1. The molecule has 0 bridgehead atoms. The molecule has 1 N–H and O–H groups in total. The molecule has 0 spiro atoms. The minimum Gasteiger partial charge on any atom is -0.459 e. The Bertz CT molecular complexity index is 748. The molecule has 0 aliphatic heterocycles. The second-order valence-corrected chi connectivity index (χ2v) is 7.15. The summed E-state index contributed by atoms with van der Waals surface area (Å²) >= 11 is 0. The molecule has 0 saturated heterocycles. The molecule has 24 heavy (non-hydrogen) atoms. The van der Waals surface area contributed by atoms with Crippen LogP contribution in [-0.2, 0) is 16.4 Å². The summed E-state index contributed by atoms with van der Waals surface area (Å²) in [4.78, 5) is 12.0. The Kier molecular flexibility index (Phi) is 6.16. The zero-order valence-corrected chi connectivity index (χ0v) is 14.7. The molecule has 0 aliphatic rings. The number of nitrogens with zero attached hydrogens (tertiary/aromatic N) is 1. The number of rotatable bonds is 8. The minimum absolute atomic E-state index is 0.263. The lowest BCUT2D eigenvalue weighted by Crippen LogP contribution is -2.30. The van der Waals surface area contributed by atoms with Crippen molar-refractivity contribution in [2.45, 2.75) is 25.2 Å². The molecule has 0 radical (unpaired) electrons. The zero-order chi connectivity index (χ0) is 17.6. The number of carbonyl (C=O) groups excluding carboxylic acids is 1. The maximum atomic E-state index is 12.4. The zero-order valence-electron chi connectivity index (χ0n) is 13.9. The van der Waals surface area contributed by atoms with Crippen LogP contribution in [-0.4, -0.2) is 38.3 Å². The maximum absolute atomic E-state index is 12.4. The van der Waals surface area contributed by atoms with Crippen molar-refractivity contribution in [2.75, 3.05) is 19.6 Å². The second kappa shape index (κ2) is 8.12. The van der Waals surface area contributed by atoms with E-state index in [-0.39, 0.29) is 16.6 Å². The van der Waals surface area contributed by atoms with E-state index in [0.29, 0.717) is 26.1 Å². The molecular formula is C17H22N2O4S. The molecule has 7 heteroatoms. The maximum Gasteiger partial charge on any atom is 0.286 e. The number of hydrogen-bond acceptors (Lipinski definition) is 4. The number of hydrogen-bond donors (Lipinski definition) is 1. The summed E-state index contributed by atoms with van der Waals surface area (Å²) < 4.78 is 31.2. The summed E-state index contributed by atoms with van der Waals surface area (Å²) in [6.07, 6.45) is 2.06. The molecule has 130 valence electrons. The van der Waals surface area contributed by atoms with E-state index in [9.17, 15) is 13.2 Å². The fourth-order valence-corrected chi connectivity index (χ4v) is 3.81. The van der Waals surface area contributed by atoms with Gasteiger partial charge in [0.1, 0.15) is 0 Å². The highest BCUT2D eigenvalue weighted by Crippen LogP contribution is 2.16. The van der Waals surface area contributed by atoms with E-state index < -0.39 is 10.0 Å². The summed E-state index contributed by atoms with van der Waals surface area (Å²) in [5.74, 6) is 0.0106. The lowest BCUT2D eigenvalue weighted by atomic mass is 10.1. The molecule has 0 atom stereocenters. The lowest BCUT2D eigenvalue weighted by Gasteiger charge is -2.18. The smallest absolute Gasteiger partial charge is 0.286 e. The topological polar surface area (TPSA) is 79.6 Å². The first-order valence-corrected chi connectivity index (χ1v) is 9.33. The van der Waals surface area contributed by atoms with E-state index in [1.54, 1.807) is 36.4 Å². The van der Waals surface area contributed by atoms with Crippen LogP contribution in [0.1, 0.15) is 30.0 Å². The third-order valence-corrected chi connectivity index (χ3v) is 5.77.